The first-order chi connectivity index (χ1) is 5.33. The Balaban J connectivity index is 3.71. The molecule has 0 aromatic rings. The number of hydrogen-bond donors (Lipinski definition) is 1. The van der Waals surface area contributed by atoms with Gasteiger partial charge in [0.2, 0.25) is 0 Å². The third kappa shape index (κ3) is 6.66. The minimum Gasteiger partial charge on any atom is -0.312 e. The van der Waals surface area contributed by atoms with Crippen LogP contribution in [0.5, 0.6) is 0 Å². The van der Waals surface area contributed by atoms with Crippen molar-refractivity contribution in [1.29, 1.82) is 0 Å². The SMILES string of the molecule is CC(C)CNC(C)(C)CC(C)C. The second-order valence-corrected chi connectivity index (χ2v) is 5.26. The molecule has 1 nitrogen and oxygen atoms in total. The summed E-state index contributed by atoms with van der Waals surface area (Å²) in [6.45, 7) is 14.7. The van der Waals surface area contributed by atoms with Gasteiger partial charge in [-0.05, 0) is 38.6 Å². The lowest BCUT2D eigenvalue weighted by atomic mass is 9.92. The predicted molar refractivity (Wildman–Crippen MR) is 56.4 cm³/mol. The first-order valence-electron chi connectivity index (χ1n) is 5.08. The molecule has 0 heterocycles. The fraction of sp³-hybridized carbons (Fsp3) is 1.00. The fourth-order valence-corrected chi connectivity index (χ4v) is 1.57. The highest BCUT2D eigenvalue weighted by Gasteiger charge is 2.18. The molecule has 1 heteroatoms. The van der Waals surface area contributed by atoms with Gasteiger partial charge in [0, 0.05) is 5.54 Å². The Morgan fingerprint density at radius 1 is 1.00 bits per heavy atom. The van der Waals surface area contributed by atoms with Crippen LogP contribution >= 0.6 is 0 Å². The minimum atomic E-state index is 0.304. The number of nitrogens with one attached hydrogen (secondary N) is 1. The molecule has 0 radical (unpaired) electrons. The Morgan fingerprint density at radius 2 is 1.50 bits per heavy atom. The molecule has 74 valence electrons. The summed E-state index contributed by atoms with van der Waals surface area (Å²) in [6.07, 6.45) is 1.25. The zero-order valence-electron chi connectivity index (χ0n) is 9.57. The molecule has 0 rings (SSSR count). The van der Waals surface area contributed by atoms with E-state index in [0.29, 0.717) is 5.54 Å². The van der Waals surface area contributed by atoms with Crippen LogP contribution in [0.4, 0.5) is 0 Å². The maximum Gasteiger partial charge on any atom is 0.0127 e. The molecule has 0 saturated carbocycles. The van der Waals surface area contributed by atoms with Gasteiger partial charge < -0.3 is 5.32 Å². The van der Waals surface area contributed by atoms with Crippen LogP contribution in [0.25, 0.3) is 0 Å². The van der Waals surface area contributed by atoms with Gasteiger partial charge in [-0.2, -0.15) is 0 Å². The van der Waals surface area contributed by atoms with Gasteiger partial charge in [-0.25, -0.2) is 0 Å². The summed E-state index contributed by atoms with van der Waals surface area (Å²) >= 11 is 0. The van der Waals surface area contributed by atoms with E-state index in [1.54, 1.807) is 0 Å². The normalized spacial score (nSPS) is 13.0. The van der Waals surface area contributed by atoms with Crippen LogP contribution in [0.3, 0.4) is 0 Å². The van der Waals surface area contributed by atoms with Crippen molar-refractivity contribution in [2.24, 2.45) is 11.8 Å². The van der Waals surface area contributed by atoms with Gasteiger partial charge in [-0.1, -0.05) is 27.7 Å². The van der Waals surface area contributed by atoms with E-state index < -0.39 is 0 Å². The standard InChI is InChI=1S/C11H25N/c1-9(2)7-11(5,6)12-8-10(3)4/h9-10,12H,7-8H2,1-6H3. The molecule has 0 aliphatic heterocycles. The molecular weight excluding hydrogens is 146 g/mol. The van der Waals surface area contributed by atoms with Gasteiger partial charge in [-0.3, -0.25) is 0 Å². The van der Waals surface area contributed by atoms with E-state index in [-0.39, 0.29) is 0 Å². The van der Waals surface area contributed by atoms with Crippen LogP contribution in [0.1, 0.15) is 48.0 Å². The van der Waals surface area contributed by atoms with Crippen molar-refractivity contribution in [3.8, 4) is 0 Å². The smallest absolute Gasteiger partial charge is 0.0127 e. The Bertz CT molecular complexity index is 114. The van der Waals surface area contributed by atoms with Gasteiger partial charge in [0.15, 0.2) is 0 Å². The third-order valence-electron chi connectivity index (χ3n) is 1.91. The zero-order valence-corrected chi connectivity index (χ0v) is 9.57. The molecule has 0 saturated heterocycles. The highest BCUT2D eigenvalue weighted by atomic mass is 15.0. The van der Waals surface area contributed by atoms with E-state index in [9.17, 15) is 0 Å². The fourth-order valence-electron chi connectivity index (χ4n) is 1.57. The van der Waals surface area contributed by atoms with Gasteiger partial charge in [-0.15, -0.1) is 0 Å². The van der Waals surface area contributed by atoms with E-state index >= 15 is 0 Å². The lowest BCUT2D eigenvalue weighted by Gasteiger charge is -2.29. The number of hydrogen-bond acceptors (Lipinski definition) is 1. The predicted octanol–water partition coefficient (Wildman–Crippen LogP) is 3.06. The average Bonchev–Trinajstić information content (AvgIpc) is 1.81. The van der Waals surface area contributed by atoms with Gasteiger partial charge in [0.05, 0.1) is 0 Å². The molecule has 0 atom stereocenters. The highest BCUT2D eigenvalue weighted by molar-refractivity contribution is 4.78. The lowest BCUT2D eigenvalue weighted by molar-refractivity contribution is 0.304. The Kier molecular flexibility index (Phi) is 4.84. The lowest BCUT2D eigenvalue weighted by Crippen LogP contribution is -2.42. The molecule has 1 N–H and O–H groups in total. The molecule has 0 spiro atoms. The van der Waals surface area contributed by atoms with Crippen molar-refractivity contribution in [3.05, 3.63) is 0 Å². The van der Waals surface area contributed by atoms with Gasteiger partial charge >= 0.3 is 0 Å². The summed E-state index contributed by atoms with van der Waals surface area (Å²) in [5.41, 5.74) is 0.304. The largest absolute Gasteiger partial charge is 0.312 e. The minimum absolute atomic E-state index is 0.304. The molecule has 0 aromatic heterocycles. The van der Waals surface area contributed by atoms with E-state index in [1.165, 1.54) is 6.42 Å². The molecular formula is C11H25N. The molecule has 0 aliphatic carbocycles. The summed E-state index contributed by atoms with van der Waals surface area (Å²) in [4.78, 5) is 0. The van der Waals surface area contributed by atoms with Crippen LogP contribution in [0.15, 0.2) is 0 Å². The van der Waals surface area contributed by atoms with Crippen molar-refractivity contribution in [1.82, 2.24) is 5.32 Å². The van der Waals surface area contributed by atoms with Crippen molar-refractivity contribution in [2.45, 2.75) is 53.5 Å². The summed E-state index contributed by atoms with van der Waals surface area (Å²) < 4.78 is 0. The first-order valence-corrected chi connectivity index (χ1v) is 5.08. The zero-order chi connectivity index (χ0) is 9.78. The second kappa shape index (κ2) is 4.86. The van der Waals surface area contributed by atoms with Gasteiger partial charge in [0.1, 0.15) is 0 Å². The monoisotopic (exact) mass is 171 g/mol. The van der Waals surface area contributed by atoms with Crippen LogP contribution < -0.4 is 5.32 Å². The Morgan fingerprint density at radius 3 is 1.83 bits per heavy atom. The second-order valence-electron chi connectivity index (χ2n) is 5.26. The van der Waals surface area contributed by atoms with E-state index in [1.807, 2.05) is 0 Å². The molecule has 0 aliphatic rings. The summed E-state index contributed by atoms with van der Waals surface area (Å²) in [5.74, 6) is 1.52. The Labute approximate surface area is 77.9 Å². The molecule has 0 aromatic carbocycles. The molecule has 0 fully saturated rings. The van der Waals surface area contributed by atoms with Crippen molar-refractivity contribution < 1.29 is 0 Å². The van der Waals surface area contributed by atoms with Gasteiger partial charge in [0.25, 0.3) is 0 Å². The average molecular weight is 171 g/mol. The van der Waals surface area contributed by atoms with Crippen molar-refractivity contribution in [2.75, 3.05) is 6.54 Å². The maximum atomic E-state index is 3.59. The third-order valence-corrected chi connectivity index (χ3v) is 1.91. The van der Waals surface area contributed by atoms with E-state index in [4.69, 9.17) is 0 Å². The highest BCUT2D eigenvalue weighted by Crippen LogP contribution is 2.15. The summed E-state index contributed by atoms with van der Waals surface area (Å²) in [6, 6.07) is 0. The summed E-state index contributed by atoms with van der Waals surface area (Å²) in [5, 5.41) is 3.59. The van der Waals surface area contributed by atoms with Crippen molar-refractivity contribution in [3.63, 3.8) is 0 Å². The van der Waals surface area contributed by atoms with Crippen LogP contribution in [0.2, 0.25) is 0 Å². The number of rotatable bonds is 5. The van der Waals surface area contributed by atoms with Crippen LogP contribution in [-0.4, -0.2) is 12.1 Å². The quantitative estimate of drug-likeness (QED) is 0.670. The molecule has 0 bridgehead atoms. The maximum absolute atomic E-state index is 3.59. The van der Waals surface area contributed by atoms with Crippen LogP contribution in [0, 0.1) is 11.8 Å². The van der Waals surface area contributed by atoms with E-state index in [0.717, 1.165) is 18.4 Å². The van der Waals surface area contributed by atoms with Crippen LogP contribution in [-0.2, 0) is 0 Å². The van der Waals surface area contributed by atoms with Crippen molar-refractivity contribution >= 4 is 0 Å². The molecule has 0 amide bonds. The van der Waals surface area contributed by atoms with E-state index in [2.05, 4.69) is 46.9 Å². The molecule has 12 heavy (non-hydrogen) atoms. The summed E-state index contributed by atoms with van der Waals surface area (Å²) in [7, 11) is 0. The Hall–Kier alpha value is -0.0400. The topological polar surface area (TPSA) is 12.0 Å². The first kappa shape index (κ1) is 12.0. The molecule has 0 unspecified atom stereocenters.